The summed E-state index contributed by atoms with van der Waals surface area (Å²) >= 11 is 1.78. The van der Waals surface area contributed by atoms with E-state index in [4.69, 9.17) is 9.72 Å². The summed E-state index contributed by atoms with van der Waals surface area (Å²) in [6.45, 7) is 8.03. The SMILES string of the molecule is CCCN(CCC)c1nc(COC)c(CNC)s1. The fourth-order valence-electron chi connectivity index (χ4n) is 1.90. The molecular weight excluding hydrogens is 246 g/mol. The zero-order valence-corrected chi connectivity index (χ0v) is 12.8. The summed E-state index contributed by atoms with van der Waals surface area (Å²) in [6, 6.07) is 0. The van der Waals surface area contributed by atoms with Gasteiger partial charge >= 0.3 is 0 Å². The van der Waals surface area contributed by atoms with E-state index in [1.54, 1.807) is 18.4 Å². The topological polar surface area (TPSA) is 37.4 Å². The normalized spacial score (nSPS) is 10.9. The minimum Gasteiger partial charge on any atom is -0.378 e. The first-order chi connectivity index (χ1) is 8.76. The number of hydrogen-bond donors (Lipinski definition) is 1. The maximum absolute atomic E-state index is 5.23. The molecule has 1 aromatic rings. The lowest BCUT2D eigenvalue weighted by Crippen LogP contribution is -2.24. The van der Waals surface area contributed by atoms with Crippen LogP contribution in [0.2, 0.25) is 0 Å². The van der Waals surface area contributed by atoms with E-state index in [1.165, 1.54) is 4.88 Å². The highest BCUT2D eigenvalue weighted by atomic mass is 32.1. The first-order valence-corrected chi connectivity index (χ1v) is 7.45. The Bertz CT molecular complexity index is 311. The third-order valence-electron chi connectivity index (χ3n) is 2.64. The molecule has 104 valence electrons. The Hall–Kier alpha value is -0.650. The van der Waals surface area contributed by atoms with Crippen molar-refractivity contribution >= 4 is 16.5 Å². The van der Waals surface area contributed by atoms with Crippen LogP contribution in [-0.2, 0) is 17.9 Å². The second-order valence-electron chi connectivity index (χ2n) is 4.32. The monoisotopic (exact) mass is 271 g/mol. The maximum Gasteiger partial charge on any atom is 0.185 e. The van der Waals surface area contributed by atoms with Gasteiger partial charge in [-0.2, -0.15) is 0 Å². The van der Waals surface area contributed by atoms with Crippen LogP contribution in [-0.4, -0.2) is 32.2 Å². The van der Waals surface area contributed by atoms with Crippen molar-refractivity contribution in [2.75, 3.05) is 32.1 Å². The van der Waals surface area contributed by atoms with Crippen LogP contribution in [0.4, 0.5) is 5.13 Å². The second kappa shape index (κ2) is 8.45. The van der Waals surface area contributed by atoms with Gasteiger partial charge in [0, 0.05) is 31.6 Å². The number of aromatic nitrogens is 1. The summed E-state index contributed by atoms with van der Waals surface area (Å²) in [5.41, 5.74) is 1.07. The average Bonchev–Trinajstić information content (AvgIpc) is 2.73. The Morgan fingerprint density at radius 1 is 1.28 bits per heavy atom. The van der Waals surface area contributed by atoms with E-state index in [-0.39, 0.29) is 0 Å². The summed E-state index contributed by atoms with van der Waals surface area (Å²) in [4.78, 5) is 8.40. The Morgan fingerprint density at radius 2 is 1.94 bits per heavy atom. The van der Waals surface area contributed by atoms with Crippen LogP contribution < -0.4 is 10.2 Å². The highest BCUT2D eigenvalue weighted by molar-refractivity contribution is 7.15. The molecule has 0 amide bonds. The van der Waals surface area contributed by atoms with Crippen LogP contribution in [0.5, 0.6) is 0 Å². The van der Waals surface area contributed by atoms with Gasteiger partial charge in [-0.3, -0.25) is 0 Å². The molecule has 1 heterocycles. The number of anilines is 1. The van der Waals surface area contributed by atoms with Crippen molar-refractivity contribution in [3.8, 4) is 0 Å². The minimum atomic E-state index is 0.597. The third kappa shape index (κ3) is 4.23. The molecule has 0 atom stereocenters. The van der Waals surface area contributed by atoms with Crippen LogP contribution in [0.25, 0.3) is 0 Å². The van der Waals surface area contributed by atoms with E-state index in [1.807, 2.05) is 7.05 Å². The molecule has 1 N–H and O–H groups in total. The molecule has 1 aromatic heterocycles. The number of hydrogen-bond acceptors (Lipinski definition) is 5. The van der Waals surface area contributed by atoms with Gasteiger partial charge in [0.1, 0.15) is 0 Å². The molecule has 18 heavy (non-hydrogen) atoms. The fourth-order valence-corrected chi connectivity index (χ4v) is 3.02. The molecule has 0 aliphatic heterocycles. The quantitative estimate of drug-likeness (QED) is 0.749. The maximum atomic E-state index is 5.23. The van der Waals surface area contributed by atoms with E-state index in [0.29, 0.717) is 6.61 Å². The second-order valence-corrected chi connectivity index (χ2v) is 5.38. The molecule has 0 saturated heterocycles. The molecule has 0 fully saturated rings. The number of nitrogens with zero attached hydrogens (tertiary/aromatic N) is 2. The molecule has 0 saturated carbocycles. The molecule has 0 aliphatic rings. The summed E-state index contributed by atoms with van der Waals surface area (Å²) in [5, 5.41) is 4.33. The Labute approximate surface area is 114 Å². The van der Waals surface area contributed by atoms with Crippen LogP contribution >= 0.6 is 11.3 Å². The first kappa shape index (κ1) is 15.4. The zero-order chi connectivity index (χ0) is 13.4. The van der Waals surface area contributed by atoms with Crippen molar-refractivity contribution in [1.82, 2.24) is 10.3 Å². The summed E-state index contributed by atoms with van der Waals surface area (Å²) in [7, 11) is 3.68. The predicted octanol–water partition coefficient (Wildman–Crippen LogP) is 2.64. The molecule has 0 unspecified atom stereocenters. The summed E-state index contributed by atoms with van der Waals surface area (Å²) in [5.74, 6) is 0. The molecular formula is C13H25N3OS. The number of rotatable bonds is 9. The molecule has 0 aromatic carbocycles. The number of thiazole rings is 1. The lowest BCUT2D eigenvalue weighted by atomic mass is 10.3. The van der Waals surface area contributed by atoms with Gasteiger partial charge in [-0.05, 0) is 19.9 Å². The van der Waals surface area contributed by atoms with Crippen molar-refractivity contribution in [3.63, 3.8) is 0 Å². The van der Waals surface area contributed by atoms with Crippen LogP contribution in [0, 0.1) is 0 Å². The van der Waals surface area contributed by atoms with Gasteiger partial charge in [0.25, 0.3) is 0 Å². The fraction of sp³-hybridized carbons (Fsp3) is 0.769. The van der Waals surface area contributed by atoms with Crippen LogP contribution in [0.1, 0.15) is 37.3 Å². The minimum absolute atomic E-state index is 0.597. The van der Waals surface area contributed by atoms with Crippen LogP contribution in [0.3, 0.4) is 0 Å². The van der Waals surface area contributed by atoms with E-state index in [2.05, 4.69) is 24.1 Å². The summed E-state index contributed by atoms with van der Waals surface area (Å²) < 4.78 is 5.23. The van der Waals surface area contributed by atoms with E-state index >= 15 is 0 Å². The predicted molar refractivity (Wildman–Crippen MR) is 78.4 cm³/mol. The zero-order valence-electron chi connectivity index (χ0n) is 12.0. The molecule has 5 heteroatoms. The van der Waals surface area contributed by atoms with Gasteiger partial charge in [0.05, 0.1) is 12.3 Å². The van der Waals surface area contributed by atoms with Crippen LogP contribution in [0.15, 0.2) is 0 Å². The van der Waals surface area contributed by atoms with Crippen molar-refractivity contribution < 1.29 is 4.74 Å². The molecule has 1 rings (SSSR count). The lowest BCUT2D eigenvalue weighted by Gasteiger charge is -2.19. The summed E-state index contributed by atoms with van der Waals surface area (Å²) in [6.07, 6.45) is 2.31. The Balaban J connectivity index is 2.88. The molecule has 0 aliphatic carbocycles. The Kier molecular flexibility index (Phi) is 7.23. The number of nitrogens with one attached hydrogen (secondary N) is 1. The van der Waals surface area contributed by atoms with Crippen molar-refractivity contribution in [2.45, 2.75) is 39.8 Å². The molecule has 4 nitrogen and oxygen atoms in total. The Morgan fingerprint density at radius 3 is 2.44 bits per heavy atom. The largest absolute Gasteiger partial charge is 0.378 e. The van der Waals surface area contributed by atoms with E-state index in [0.717, 1.165) is 43.3 Å². The lowest BCUT2D eigenvalue weighted by molar-refractivity contribution is 0.181. The molecule has 0 spiro atoms. The van der Waals surface area contributed by atoms with Crippen molar-refractivity contribution in [2.24, 2.45) is 0 Å². The molecule has 0 radical (unpaired) electrons. The molecule has 0 bridgehead atoms. The highest BCUT2D eigenvalue weighted by Gasteiger charge is 2.14. The van der Waals surface area contributed by atoms with Gasteiger partial charge in [0.2, 0.25) is 0 Å². The number of ether oxygens (including phenoxy) is 1. The van der Waals surface area contributed by atoms with E-state index < -0.39 is 0 Å². The smallest absolute Gasteiger partial charge is 0.185 e. The van der Waals surface area contributed by atoms with Gasteiger partial charge in [-0.15, -0.1) is 11.3 Å². The van der Waals surface area contributed by atoms with Crippen molar-refractivity contribution in [3.05, 3.63) is 10.6 Å². The van der Waals surface area contributed by atoms with Crippen molar-refractivity contribution in [1.29, 1.82) is 0 Å². The van der Waals surface area contributed by atoms with E-state index in [9.17, 15) is 0 Å². The first-order valence-electron chi connectivity index (χ1n) is 6.63. The third-order valence-corrected chi connectivity index (χ3v) is 3.80. The highest BCUT2D eigenvalue weighted by Crippen LogP contribution is 2.27. The van der Waals surface area contributed by atoms with Gasteiger partial charge in [-0.1, -0.05) is 13.8 Å². The van der Waals surface area contributed by atoms with Gasteiger partial charge in [0.15, 0.2) is 5.13 Å². The average molecular weight is 271 g/mol. The van der Waals surface area contributed by atoms with Gasteiger partial charge < -0.3 is 15.0 Å². The standard InChI is InChI=1S/C13H25N3OS/c1-5-7-16(8-6-2)13-15-11(10-17-4)12(18-13)9-14-3/h14H,5-10H2,1-4H3. The van der Waals surface area contributed by atoms with Gasteiger partial charge in [-0.25, -0.2) is 4.98 Å². The number of methoxy groups -OCH3 is 1.